The molecule has 0 unspecified atom stereocenters. The van der Waals surface area contributed by atoms with Gasteiger partial charge in [0.25, 0.3) is 5.56 Å². The molecule has 98 valence electrons. The van der Waals surface area contributed by atoms with Gasteiger partial charge < -0.3 is 0 Å². The van der Waals surface area contributed by atoms with Crippen LogP contribution >= 0.6 is 0 Å². The average Bonchev–Trinajstić information content (AvgIpc) is 2.50. The lowest BCUT2D eigenvalue weighted by molar-refractivity contribution is 0.828. The Kier molecular flexibility index (Phi) is 3.13. The van der Waals surface area contributed by atoms with Gasteiger partial charge in [-0.2, -0.15) is 0 Å². The van der Waals surface area contributed by atoms with E-state index in [1.54, 1.807) is 30.1 Å². The van der Waals surface area contributed by atoms with Crippen molar-refractivity contribution in [2.24, 2.45) is 7.05 Å². The number of nitrogens with zero attached hydrogens (tertiary/aromatic N) is 3. The van der Waals surface area contributed by atoms with Crippen LogP contribution in [0.3, 0.4) is 0 Å². The zero-order valence-corrected chi connectivity index (χ0v) is 11.0. The lowest BCUT2D eigenvalue weighted by Crippen LogP contribution is -2.20. The fraction of sp³-hybridized carbons (Fsp3) is 0.0625. The van der Waals surface area contributed by atoms with Crippen LogP contribution in [-0.2, 0) is 7.05 Å². The van der Waals surface area contributed by atoms with Gasteiger partial charge in [-0.3, -0.25) is 14.3 Å². The molecule has 20 heavy (non-hydrogen) atoms. The summed E-state index contributed by atoms with van der Waals surface area (Å²) in [6.07, 6.45) is 7.20. The van der Waals surface area contributed by atoms with E-state index in [1.807, 2.05) is 42.5 Å². The first-order valence-corrected chi connectivity index (χ1v) is 6.29. The molecular weight excluding hydrogens is 250 g/mol. The van der Waals surface area contributed by atoms with Gasteiger partial charge in [0.2, 0.25) is 0 Å². The van der Waals surface area contributed by atoms with E-state index in [0.29, 0.717) is 16.7 Å². The molecule has 0 spiro atoms. The van der Waals surface area contributed by atoms with Crippen LogP contribution in [0.5, 0.6) is 0 Å². The van der Waals surface area contributed by atoms with E-state index in [9.17, 15) is 4.79 Å². The number of fused-ring (bicyclic) bond motifs is 1. The molecule has 0 amide bonds. The molecule has 1 aromatic carbocycles. The summed E-state index contributed by atoms with van der Waals surface area (Å²) in [4.78, 5) is 20.8. The van der Waals surface area contributed by atoms with Crippen molar-refractivity contribution < 1.29 is 0 Å². The van der Waals surface area contributed by atoms with E-state index in [4.69, 9.17) is 0 Å². The zero-order chi connectivity index (χ0) is 13.9. The maximum atomic E-state index is 12.2. The van der Waals surface area contributed by atoms with Crippen molar-refractivity contribution in [1.82, 2.24) is 14.5 Å². The fourth-order valence-electron chi connectivity index (χ4n) is 2.03. The van der Waals surface area contributed by atoms with Crippen molar-refractivity contribution in [3.05, 3.63) is 70.5 Å². The van der Waals surface area contributed by atoms with Crippen LogP contribution in [0.4, 0.5) is 0 Å². The predicted molar refractivity (Wildman–Crippen MR) is 80.1 cm³/mol. The molecule has 4 heteroatoms. The summed E-state index contributed by atoms with van der Waals surface area (Å²) >= 11 is 0. The highest BCUT2D eigenvalue weighted by Gasteiger charge is 2.04. The molecule has 0 saturated carbocycles. The molecule has 0 aliphatic carbocycles. The van der Waals surface area contributed by atoms with E-state index in [2.05, 4.69) is 9.97 Å². The molecule has 3 aromatic rings. The van der Waals surface area contributed by atoms with Crippen molar-refractivity contribution in [3.8, 4) is 0 Å². The molecule has 0 atom stereocenters. The smallest absolute Gasteiger partial charge is 0.261 e. The van der Waals surface area contributed by atoms with Crippen LogP contribution in [0.15, 0.2) is 53.6 Å². The maximum Gasteiger partial charge on any atom is 0.261 e. The number of hydrogen-bond donors (Lipinski definition) is 0. The highest BCUT2D eigenvalue weighted by Crippen LogP contribution is 2.09. The highest BCUT2D eigenvalue weighted by atomic mass is 16.1. The second kappa shape index (κ2) is 5.09. The molecule has 0 saturated heterocycles. The number of hydrogen-bond acceptors (Lipinski definition) is 3. The zero-order valence-electron chi connectivity index (χ0n) is 11.0. The van der Waals surface area contributed by atoms with Gasteiger partial charge in [-0.25, -0.2) is 4.98 Å². The van der Waals surface area contributed by atoms with E-state index >= 15 is 0 Å². The summed E-state index contributed by atoms with van der Waals surface area (Å²) in [5, 5.41) is 0.633. The van der Waals surface area contributed by atoms with Gasteiger partial charge in [0, 0.05) is 19.4 Å². The van der Waals surface area contributed by atoms with E-state index in [0.717, 1.165) is 5.56 Å². The number of benzene rings is 1. The van der Waals surface area contributed by atoms with Gasteiger partial charge in [0.05, 0.1) is 10.9 Å². The second-order valence-electron chi connectivity index (χ2n) is 4.47. The molecule has 2 aromatic heterocycles. The van der Waals surface area contributed by atoms with Crippen LogP contribution in [0.25, 0.3) is 23.1 Å². The molecule has 0 bridgehead atoms. The highest BCUT2D eigenvalue weighted by molar-refractivity contribution is 5.79. The Morgan fingerprint density at radius 3 is 2.75 bits per heavy atom. The Labute approximate surface area is 116 Å². The third kappa shape index (κ3) is 2.23. The minimum Gasteiger partial charge on any atom is -0.296 e. The molecule has 0 aliphatic rings. The van der Waals surface area contributed by atoms with Crippen molar-refractivity contribution >= 4 is 23.1 Å². The largest absolute Gasteiger partial charge is 0.296 e. The van der Waals surface area contributed by atoms with Gasteiger partial charge in [-0.05, 0) is 35.9 Å². The number of aromatic nitrogens is 3. The SMILES string of the molecule is Cn1c(C=Cc2cccnc2)nc2ccccc2c1=O. The van der Waals surface area contributed by atoms with Crippen molar-refractivity contribution in [2.75, 3.05) is 0 Å². The third-order valence-electron chi connectivity index (χ3n) is 3.13. The summed E-state index contributed by atoms with van der Waals surface area (Å²) in [5.74, 6) is 0.623. The minimum atomic E-state index is -0.0403. The normalized spacial score (nSPS) is 11.2. The summed E-state index contributed by atoms with van der Waals surface area (Å²) < 4.78 is 1.55. The standard InChI is InChI=1S/C16H13N3O/c1-19-15(9-8-12-5-4-10-17-11-12)18-14-7-3-2-6-13(14)16(19)20/h2-11H,1H3. The molecule has 0 aliphatic heterocycles. The molecular formula is C16H13N3O. The minimum absolute atomic E-state index is 0.0403. The average molecular weight is 263 g/mol. The molecule has 0 radical (unpaired) electrons. The van der Waals surface area contributed by atoms with Gasteiger partial charge >= 0.3 is 0 Å². The van der Waals surface area contributed by atoms with Gasteiger partial charge in [0.15, 0.2) is 0 Å². The van der Waals surface area contributed by atoms with Crippen LogP contribution < -0.4 is 5.56 Å². The summed E-state index contributed by atoms with van der Waals surface area (Å²) in [5.41, 5.74) is 1.64. The first-order chi connectivity index (χ1) is 9.75. The Bertz CT molecular complexity index is 835. The maximum absolute atomic E-state index is 12.2. The van der Waals surface area contributed by atoms with Gasteiger partial charge in [0.1, 0.15) is 5.82 Å². The quantitative estimate of drug-likeness (QED) is 0.713. The van der Waals surface area contributed by atoms with Crippen LogP contribution in [-0.4, -0.2) is 14.5 Å². The first-order valence-electron chi connectivity index (χ1n) is 6.29. The first kappa shape index (κ1) is 12.3. The number of para-hydroxylation sites is 1. The topological polar surface area (TPSA) is 47.8 Å². The van der Waals surface area contributed by atoms with Gasteiger partial charge in [-0.15, -0.1) is 0 Å². The lowest BCUT2D eigenvalue weighted by atomic mass is 10.2. The van der Waals surface area contributed by atoms with Crippen LogP contribution in [0.1, 0.15) is 11.4 Å². The van der Waals surface area contributed by atoms with Crippen molar-refractivity contribution in [1.29, 1.82) is 0 Å². The lowest BCUT2D eigenvalue weighted by Gasteiger charge is -2.05. The Morgan fingerprint density at radius 1 is 1.10 bits per heavy atom. The van der Waals surface area contributed by atoms with Crippen LogP contribution in [0, 0.1) is 0 Å². The molecule has 2 heterocycles. The van der Waals surface area contributed by atoms with Crippen molar-refractivity contribution in [2.45, 2.75) is 0 Å². The summed E-state index contributed by atoms with van der Waals surface area (Å²) in [6, 6.07) is 11.2. The fourth-order valence-corrected chi connectivity index (χ4v) is 2.03. The Balaban J connectivity index is 2.11. The Hall–Kier alpha value is -2.75. The van der Waals surface area contributed by atoms with E-state index in [1.165, 1.54) is 0 Å². The molecule has 0 N–H and O–H groups in total. The third-order valence-corrected chi connectivity index (χ3v) is 3.13. The van der Waals surface area contributed by atoms with Crippen LogP contribution in [0.2, 0.25) is 0 Å². The van der Waals surface area contributed by atoms with Crippen molar-refractivity contribution in [3.63, 3.8) is 0 Å². The second-order valence-corrected chi connectivity index (χ2v) is 4.47. The predicted octanol–water partition coefficient (Wildman–Crippen LogP) is 2.50. The molecule has 0 fully saturated rings. The summed E-state index contributed by atoms with van der Waals surface area (Å²) in [6.45, 7) is 0. The van der Waals surface area contributed by atoms with Gasteiger partial charge in [-0.1, -0.05) is 18.2 Å². The Morgan fingerprint density at radius 2 is 1.95 bits per heavy atom. The number of pyridine rings is 1. The molecule has 4 nitrogen and oxygen atoms in total. The number of rotatable bonds is 2. The van der Waals surface area contributed by atoms with E-state index < -0.39 is 0 Å². The monoisotopic (exact) mass is 263 g/mol. The summed E-state index contributed by atoms with van der Waals surface area (Å²) in [7, 11) is 1.73. The van der Waals surface area contributed by atoms with E-state index in [-0.39, 0.29) is 5.56 Å². The molecule has 3 rings (SSSR count).